The van der Waals surface area contributed by atoms with Crippen LogP contribution >= 0.6 is 11.3 Å². The summed E-state index contributed by atoms with van der Waals surface area (Å²) >= 11 is 1.29. The molecule has 2 rings (SSSR count). The predicted molar refractivity (Wildman–Crippen MR) is 82.1 cm³/mol. The van der Waals surface area contributed by atoms with Crippen LogP contribution in [0.1, 0.15) is 12.0 Å². The van der Waals surface area contributed by atoms with E-state index in [1.54, 1.807) is 6.07 Å². The van der Waals surface area contributed by atoms with Crippen molar-refractivity contribution in [3.05, 3.63) is 35.2 Å². The van der Waals surface area contributed by atoms with Gasteiger partial charge in [-0.1, -0.05) is 29.8 Å². The number of thiazole rings is 1. The van der Waals surface area contributed by atoms with Gasteiger partial charge < -0.3 is 4.74 Å². The second-order valence-electron chi connectivity index (χ2n) is 4.45. The van der Waals surface area contributed by atoms with Gasteiger partial charge in [-0.05, 0) is 6.92 Å². The van der Waals surface area contributed by atoms with Crippen molar-refractivity contribution in [2.75, 3.05) is 11.9 Å². The quantitative estimate of drug-likeness (QED) is 0.856. The molecule has 0 bridgehead atoms. The van der Waals surface area contributed by atoms with E-state index >= 15 is 0 Å². The number of hydrogen-bond donors (Lipinski definition) is 1. The summed E-state index contributed by atoms with van der Waals surface area (Å²) in [6, 6.07) is 9.54. The molecule has 0 spiro atoms. The van der Waals surface area contributed by atoms with Gasteiger partial charge in [0, 0.05) is 10.9 Å². The van der Waals surface area contributed by atoms with Crippen LogP contribution < -0.4 is 5.32 Å². The standard InChI is InChI=1S/C15H13N3O3S/c1-10-2-4-11(5-3-10)12-9-22-15(17-12)18-13(19)8-21-14(20)6-7-16/h2-5,9H,6,8H2,1H3,(H,17,18,19). The van der Waals surface area contributed by atoms with Gasteiger partial charge >= 0.3 is 5.97 Å². The molecule has 1 aromatic carbocycles. The molecule has 0 fully saturated rings. The maximum atomic E-state index is 11.6. The lowest BCUT2D eigenvalue weighted by molar-refractivity contribution is -0.146. The van der Waals surface area contributed by atoms with E-state index < -0.39 is 18.5 Å². The first kappa shape index (κ1) is 15.7. The largest absolute Gasteiger partial charge is 0.455 e. The Hall–Kier alpha value is -2.72. The van der Waals surface area contributed by atoms with Crippen LogP contribution in [-0.2, 0) is 14.3 Å². The topological polar surface area (TPSA) is 92.1 Å². The van der Waals surface area contributed by atoms with E-state index in [-0.39, 0.29) is 6.42 Å². The molecule has 1 heterocycles. The first-order chi connectivity index (χ1) is 10.6. The number of hydrogen-bond acceptors (Lipinski definition) is 6. The number of aryl methyl sites for hydroxylation is 1. The summed E-state index contributed by atoms with van der Waals surface area (Å²) in [5, 5.41) is 13.1. The molecule has 22 heavy (non-hydrogen) atoms. The van der Waals surface area contributed by atoms with Gasteiger partial charge in [0.1, 0.15) is 6.42 Å². The predicted octanol–water partition coefficient (Wildman–Crippen LogP) is 2.51. The van der Waals surface area contributed by atoms with Crippen LogP contribution in [0.25, 0.3) is 11.3 Å². The molecule has 1 aromatic heterocycles. The number of nitriles is 1. The van der Waals surface area contributed by atoms with E-state index in [1.807, 2.05) is 36.6 Å². The SMILES string of the molecule is Cc1ccc(-c2csc(NC(=O)COC(=O)CC#N)n2)cc1. The normalized spacial score (nSPS) is 9.82. The van der Waals surface area contributed by atoms with Crippen molar-refractivity contribution >= 4 is 28.3 Å². The molecule has 1 N–H and O–H groups in total. The molecule has 0 aliphatic carbocycles. The number of ether oxygens (including phenoxy) is 1. The van der Waals surface area contributed by atoms with Crippen molar-refractivity contribution in [3.63, 3.8) is 0 Å². The third kappa shape index (κ3) is 4.40. The fourth-order valence-corrected chi connectivity index (χ4v) is 2.34. The van der Waals surface area contributed by atoms with Crippen molar-refractivity contribution in [1.82, 2.24) is 4.98 Å². The summed E-state index contributed by atoms with van der Waals surface area (Å²) < 4.78 is 4.62. The fourth-order valence-electron chi connectivity index (χ4n) is 1.61. The van der Waals surface area contributed by atoms with Crippen molar-refractivity contribution in [3.8, 4) is 17.3 Å². The third-order valence-electron chi connectivity index (χ3n) is 2.69. The molecular weight excluding hydrogens is 302 g/mol. The van der Waals surface area contributed by atoms with Crippen LogP contribution in [0.3, 0.4) is 0 Å². The molecule has 0 unspecified atom stereocenters. The zero-order valence-electron chi connectivity index (χ0n) is 11.8. The summed E-state index contributed by atoms with van der Waals surface area (Å²) in [6.07, 6.45) is -0.373. The number of anilines is 1. The second-order valence-corrected chi connectivity index (χ2v) is 5.31. The molecule has 1 amide bonds. The number of aromatic nitrogens is 1. The lowest BCUT2D eigenvalue weighted by Crippen LogP contribution is -2.20. The molecule has 6 nitrogen and oxygen atoms in total. The van der Waals surface area contributed by atoms with Crippen molar-refractivity contribution < 1.29 is 14.3 Å². The first-order valence-corrected chi connectivity index (χ1v) is 7.31. The van der Waals surface area contributed by atoms with Gasteiger partial charge in [-0.25, -0.2) is 4.98 Å². The number of benzene rings is 1. The number of carbonyl (C=O) groups excluding carboxylic acids is 2. The first-order valence-electron chi connectivity index (χ1n) is 6.43. The maximum absolute atomic E-state index is 11.6. The number of amides is 1. The Morgan fingerprint density at radius 3 is 2.77 bits per heavy atom. The fraction of sp³-hybridized carbons (Fsp3) is 0.200. The van der Waals surface area contributed by atoms with Crippen LogP contribution in [0.15, 0.2) is 29.6 Å². The monoisotopic (exact) mass is 315 g/mol. The minimum atomic E-state index is -0.725. The Morgan fingerprint density at radius 2 is 2.09 bits per heavy atom. The molecule has 0 saturated heterocycles. The Balaban J connectivity index is 1.92. The van der Waals surface area contributed by atoms with Crippen LogP contribution in [-0.4, -0.2) is 23.5 Å². The van der Waals surface area contributed by atoms with E-state index in [4.69, 9.17) is 5.26 Å². The molecular formula is C15H13N3O3S. The molecule has 112 valence electrons. The van der Waals surface area contributed by atoms with Crippen LogP contribution in [0.5, 0.6) is 0 Å². The van der Waals surface area contributed by atoms with E-state index in [0.717, 1.165) is 16.8 Å². The smallest absolute Gasteiger partial charge is 0.320 e. The van der Waals surface area contributed by atoms with Gasteiger partial charge in [-0.2, -0.15) is 5.26 Å². The highest BCUT2D eigenvalue weighted by Gasteiger charge is 2.10. The molecule has 0 aliphatic rings. The van der Waals surface area contributed by atoms with E-state index in [9.17, 15) is 9.59 Å². The minimum absolute atomic E-state index is 0.373. The highest BCUT2D eigenvalue weighted by atomic mass is 32.1. The summed E-state index contributed by atoms with van der Waals surface area (Å²) in [5.74, 6) is -1.21. The van der Waals surface area contributed by atoms with E-state index in [1.165, 1.54) is 11.3 Å². The average Bonchev–Trinajstić information content (AvgIpc) is 2.95. The zero-order chi connectivity index (χ0) is 15.9. The second kappa shape index (κ2) is 7.33. The number of carbonyl (C=O) groups is 2. The van der Waals surface area contributed by atoms with Gasteiger partial charge in [-0.15, -0.1) is 11.3 Å². The van der Waals surface area contributed by atoms with Crippen molar-refractivity contribution in [1.29, 1.82) is 5.26 Å². The van der Waals surface area contributed by atoms with Crippen LogP contribution in [0, 0.1) is 18.3 Å². The molecule has 0 atom stereocenters. The molecule has 0 radical (unpaired) electrons. The highest BCUT2D eigenvalue weighted by Crippen LogP contribution is 2.24. The summed E-state index contributed by atoms with van der Waals surface area (Å²) in [4.78, 5) is 26.9. The average molecular weight is 315 g/mol. The Labute approximate surface area is 131 Å². The number of esters is 1. The lowest BCUT2D eigenvalue weighted by atomic mass is 10.1. The highest BCUT2D eigenvalue weighted by molar-refractivity contribution is 7.14. The molecule has 7 heteroatoms. The summed E-state index contributed by atoms with van der Waals surface area (Å²) in [5.41, 5.74) is 2.89. The van der Waals surface area contributed by atoms with E-state index in [0.29, 0.717) is 5.13 Å². The Morgan fingerprint density at radius 1 is 1.36 bits per heavy atom. The maximum Gasteiger partial charge on any atom is 0.320 e. The lowest BCUT2D eigenvalue weighted by Gasteiger charge is -2.02. The Kier molecular flexibility index (Phi) is 5.22. The molecule has 0 saturated carbocycles. The van der Waals surface area contributed by atoms with E-state index in [2.05, 4.69) is 15.0 Å². The third-order valence-corrected chi connectivity index (χ3v) is 3.44. The van der Waals surface area contributed by atoms with Gasteiger partial charge in [0.2, 0.25) is 0 Å². The van der Waals surface area contributed by atoms with Crippen molar-refractivity contribution in [2.45, 2.75) is 13.3 Å². The zero-order valence-corrected chi connectivity index (χ0v) is 12.6. The summed E-state index contributed by atoms with van der Waals surface area (Å²) in [7, 11) is 0. The number of rotatable bonds is 5. The Bertz CT molecular complexity index is 716. The molecule has 2 aromatic rings. The summed E-state index contributed by atoms with van der Waals surface area (Å²) in [6.45, 7) is 1.57. The number of nitrogens with one attached hydrogen (secondary N) is 1. The van der Waals surface area contributed by atoms with Crippen LogP contribution in [0.2, 0.25) is 0 Å². The van der Waals surface area contributed by atoms with Gasteiger partial charge in [-0.3, -0.25) is 14.9 Å². The van der Waals surface area contributed by atoms with Crippen molar-refractivity contribution in [2.24, 2.45) is 0 Å². The minimum Gasteiger partial charge on any atom is -0.455 e. The van der Waals surface area contributed by atoms with Gasteiger partial charge in [0.05, 0.1) is 11.8 Å². The van der Waals surface area contributed by atoms with Gasteiger partial charge in [0.25, 0.3) is 5.91 Å². The van der Waals surface area contributed by atoms with Gasteiger partial charge in [0.15, 0.2) is 11.7 Å². The number of nitrogens with zero attached hydrogens (tertiary/aromatic N) is 2. The molecule has 0 aliphatic heterocycles. The van der Waals surface area contributed by atoms with Crippen LogP contribution in [0.4, 0.5) is 5.13 Å².